The molecular formula is C12H24N2O2. The number of amides is 1. The highest BCUT2D eigenvalue weighted by molar-refractivity contribution is 5.78. The van der Waals surface area contributed by atoms with Gasteiger partial charge in [-0.05, 0) is 18.3 Å². The summed E-state index contributed by atoms with van der Waals surface area (Å²) in [6, 6.07) is 0. The number of carbonyl (C=O) groups excluding carboxylic acids is 1. The summed E-state index contributed by atoms with van der Waals surface area (Å²) >= 11 is 0. The summed E-state index contributed by atoms with van der Waals surface area (Å²) in [6.45, 7) is 8.07. The number of methoxy groups -OCH3 is 1. The fourth-order valence-corrected chi connectivity index (χ4v) is 2.12. The second kappa shape index (κ2) is 6.21. The summed E-state index contributed by atoms with van der Waals surface area (Å²) in [5.74, 6) is 0.212. The number of piperidine rings is 1. The monoisotopic (exact) mass is 228 g/mol. The molecule has 0 aromatic carbocycles. The maximum Gasteiger partial charge on any atom is 0.236 e. The van der Waals surface area contributed by atoms with Crippen LogP contribution in [-0.2, 0) is 9.53 Å². The smallest absolute Gasteiger partial charge is 0.236 e. The Labute approximate surface area is 98.3 Å². The lowest BCUT2D eigenvalue weighted by Gasteiger charge is -2.38. The molecule has 0 radical (unpaired) electrons. The standard InChI is InChI=1S/C12H24N2O2/c1-12(2)5-4-7-14(10-12)11(15)9-13-6-8-16-3/h13H,4-10H2,1-3H3. The van der Waals surface area contributed by atoms with Gasteiger partial charge in [-0.1, -0.05) is 13.8 Å². The van der Waals surface area contributed by atoms with Crippen LogP contribution in [0.5, 0.6) is 0 Å². The van der Waals surface area contributed by atoms with E-state index in [9.17, 15) is 4.79 Å². The molecule has 1 rings (SSSR count). The maximum atomic E-state index is 11.9. The molecule has 0 unspecified atom stereocenters. The van der Waals surface area contributed by atoms with Crippen molar-refractivity contribution in [1.29, 1.82) is 0 Å². The summed E-state index contributed by atoms with van der Waals surface area (Å²) in [4.78, 5) is 13.8. The van der Waals surface area contributed by atoms with Crippen molar-refractivity contribution >= 4 is 5.91 Å². The van der Waals surface area contributed by atoms with E-state index < -0.39 is 0 Å². The molecule has 1 aliphatic rings. The van der Waals surface area contributed by atoms with Crippen LogP contribution >= 0.6 is 0 Å². The zero-order valence-electron chi connectivity index (χ0n) is 10.7. The number of ether oxygens (including phenoxy) is 1. The molecule has 0 spiro atoms. The van der Waals surface area contributed by atoms with Gasteiger partial charge in [0.1, 0.15) is 0 Å². The first kappa shape index (κ1) is 13.5. The van der Waals surface area contributed by atoms with Gasteiger partial charge in [0.05, 0.1) is 13.2 Å². The lowest BCUT2D eigenvalue weighted by atomic mass is 9.84. The number of likely N-dealkylation sites (tertiary alicyclic amines) is 1. The molecule has 1 aliphatic heterocycles. The van der Waals surface area contributed by atoms with Gasteiger partial charge < -0.3 is 15.0 Å². The van der Waals surface area contributed by atoms with Crippen molar-refractivity contribution in [3.05, 3.63) is 0 Å². The van der Waals surface area contributed by atoms with Crippen molar-refractivity contribution in [2.45, 2.75) is 26.7 Å². The van der Waals surface area contributed by atoms with Crippen LogP contribution in [0.3, 0.4) is 0 Å². The molecule has 4 nitrogen and oxygen atoms in total. The van der Waals surface area contributed by atoms with Gasteiger partial charge >= 0.3 is 0 Å². The molecule has 0 saturated carbocycles. The molecule has 1 fully saturated rings. The van der Waals surface area contributed by atoms with Gasteiger partial charge in [0.25, 0.3) is 0 Å². The molecule has 0 aromatic heterocycles. The Morgan fingerprint density at radius 1 is 1.50 bits per heavy atom. The molecule has 1 amide bonds. The highest BCUT2D eigenvalue weighted by atomic mass is 16.5. The van der Waals surface area contributed by atoms with Gasteiger partial charge in [0.2, 0.25) is 5.91 Å². The fourth-order valence-electron chi connectivity index (χ4n) is 2.12. The molecule has 1 saturated heterocycles. The van der Waals surface area contributed by atoms with Crippen molar-refractivity contribution in [3.8, 4) is 0 Å². The predicted octanol–water partition coefficient (Wildman–Crippen LogP) is 0.871. The molecule has 0 aliphatic carbocycles. The van der Waals surface area contributed by atoms with E-state index in [4.69, 9.17) is 4.74 Å². The van der Waals surface area contributed by atoms with Crippen LogP contribution in [0.25, 0.3) is 0 Å². The third kappa shape index (κ3) is 4.49. The van der Waals surface area contributed by atoms with Crippen LogP contribution in [0.4, 0.5) is 0 Å². The van der Waals surface area contributed by atoms with Crippen molar-refractivity contribution < 1.29 is 9.53 Å². The summed E-state index contributed by atoms with van der Waals surface area (Å²) in [7, 11) is 1.66. The van der Waals surface area contributed by atoms with Crippen molar-refractivity contribution in [2.75, 3.05) is 39.9 Å². The normalized spacial score (nSPS) is 19.8. The van der Waals surface area contributed by atoms with E-state index in [2.05, 4.69) is 19.2 Å². The summed E-state index contributed by atoms with van der Waals surface area (Å²) in [6.07, 6.45) is 2.34. The average Bonchev–Trinajstić information content (AvgIpc) is 2.22. The molecule has 0 atom stereocenters. The van der Waals surface area contributed by atoms with Crippen molar-refractivity contribution in [1.82, 2.24) is 10.2 Å². The fraction of sp³-hybridized carbons (Fsp3) is 0.917. The minimum atomic E-state index is 0.212. The largest absolute Gasteiger partial charge is 0.383 e. The van der Waals surface area contributed by atoms with Gasteiger partial charge in [0.15, 0.2) is 0 Å². The number of rotatable bonds is 5. The molecule has 1 N–H and O–H groups in total. The van der Waals surface area contributed by atoms with Gasteiger partial charge in [0, 0.05) is 26.7 Å². The van der Waals surface area contributed by atoms with Crippen LogP contribution < -0.4 is 5.32 Å². The SMILES string of the molecule is COCCNCC(=O)N1CCCC(C)(C)C1. The highest BCUT2D eigenvalue weighted by Gasteiger charge is 2.28. The average molecular weight is 228 g/mol. The number of hydrogen-bond acceptors (Lipinski definition) is 3. The minimum absolute atomic E-state index is 0.212. The van der Waals surface area contributed by atoms with Gasteiger partial charge in [-0.2, -0.15) is 0 Å². The Hall–Kier alpha value is -0.610. The van der Waals surface area contributed by atoms with E-state index in [0.29, 0.717) is 13.2 Å². The second-order valence-corrected chi connectivity index (χ2v) is 5.25. The summed E-state index contributed by atoms with van der Waals surface area (Å²) < 4.78 is 4.91. The number of nitrogens with one attached hydrogen (secondary N) is 1. The Bertz CT molecular complexity index is 229. The topological polar surface area (TPSA) is 41.6 Å². The first-order valence-corrected chi connectivity index (χ1v) is 6.02. The third-order valence-corrected chi connectivity index (χ3v) is 3.01. The van der Waals surface area contributed by atoms with E-state index >= 15 is 0 Å². The van der Waals surface area contributed by atoms with E-state index in [1.165, 1.54) is 6.42 Å². The number of carbonyl (C=O) groups is 1. The van der Waals surface area contributed by atoms with Crippen LogP contribution in [0.15, 0.2) is 0 Å². The molecule has 4 heteroatoms. The van der Waals surface area contributed by atoms with Crippen molar-refractivity contribution in [2.24, 2.45) is 5.41 Å². The molecule has 16 heavy (non-hydrogen) atoms. The maximum absolute atomic E-state index is 11.9. The Morgan fingerprint density at radius 3 is 2.88 bits per heavy atom. The first-order chi connectivity index (χ1) is 7.55. The Balaban J connectivity index is 2.25. The Kier molecular flexibility index (Phi) is 5.22. The zero-order chi connectivity index (χ0) is 12.0. The molecule has 94 valence electrons. The van der Waals surface area contributed by atoms with E-state index in [1.54, 1.807) is 7.11 Å². The van der Waals surface area contributed by atoms with E-state index in [1.807, 2.05) is 4.90 Å². The Morgan fingerprint density at radius 2 is 2.25 bits per heavy atom. The van der Waals surface area contributed by atoms with Crippen LogP contribution in [0.1, 0.15) is 26.7 Å². The van der Waals surface area contributed by atoms with Crippen LogP contribution in [0, 0.1) is 5.41 Å². The minimum Gasteiger partial charge on any atom is -0.383 e. The third-order valence-electron chi connectivity index (χ3n) is 3.01. The van der Waals surface area contributed by atoms with Gasteiger partial charge in [-0.3, -0.25) is 4.79 Å². The summed E-state index contributed by atoms with van der Waals surface area (Å²) in [5.41, 5.74) is 0.278. The zero-order valence-corrected chi connectivity index (χ0v) is 10.7. The van der Waals surface area contributed by atoms with Gasteiger partial charge in [-0.15, -0.1) is 0 Å². The number of nitrogens with zero attached hydrogens (tertiary/aromatic N) is 1. The van der Waals surface area contributed by atoms with Crippen LogP contribution in [-0.4, -0.2) is 50.7 Å². The molecule has 0 aromatic rings. The number of hydrogen-bond donors (Lipinski definition) is 1. The lowest BCUT2D eigenvalue weighted by molar-refractivity contribution is -0.133. The molecule has 0 bridgehead atoms. The lowest BCUT2D eigenvalue weighted by Crippen LogP contribution is -2.47. The van der Waals surface area contributed by atoms with Crippen molar-refractivity contribution in [3.63, 3.8) is 0 Å². The quantitative estimate of drug-likeness (QED) is 0.710. The summed E-state index contributed by atoms with van der Waals surface area (Å²) in [5, 5.41) is 3.09. The molecular weight excluding hydrogens is 204 g/mol. The van der Waals surface area contributed by atoms with E-state index in [-0.39, 0.29) is 11.3 Å². The van der Waals surface area contributed by atoms with E-state index in [0.717, 1.165) is 26.1 Å². The first-order valence-electron chi connectivity index (χ1n) is 6.02. The highest BCUT2D eigenvalue weighted by Crippen LogP contribution is 2.28. The molecule has 1 heterocycles. The second-order valence-electron chi connectivity index (χ2n) is 5.25. The van der Waals surface area contributed by atoms with Crippen LogP contribution in [0.2, 0.25) is 0 Å². The predicted molar refractivity (Wildman–Crippen MR) is 64.3 cm³/mol. The van der Waals surface area contributed by atoms with Gasteiger partial charge in [-0.25, -0.2) is 0 Å².